The third-order valence-corrected chi connectivity index (χ3v) is 3.79. The third-order valence-electron chi connectivity index (χ3n) is 3.79. The molecule has 21 heavy (non-hydrogen) atoms. The lowest BCUT2D eigenvalue weighted by atomic mass is 10.2. The highest BCUT2D eigenvalue weighted by Crippen LogP contribution is 2.14. The maximum Gasteiger partial charge on any atom is 0.317 e. The second-order valence-corrected chi connectivity index (χ2v) is 5.63. The zero-order valence-corrected chi connectivity index (χ0v) is 13.2. The lowest BCUT2D eigenvalue weighted by molar-refractivity contribution is 0.203. The number of rotatable bonds is 6. The van der Waals surface area contributed by atoms with Crippen LogP contribution in [-0.4, -0.2) is 35.1 Å². The molecule has 2 aromatic rings. The molecule has 114 valence electrons. The summed E-state index contributed by atoms with van der Waals surface area (Å²) in [5, 5.41) is 4.26. The quantitative estimate of drug-likeness (QED) is 0.868. The zero-order chi connectivity index (χ0) is 15.2. The molecule has 1 N–H and O–H groups in total. The average molecular weight is 287 g/mol. The number of carbonyl (C=O) groups is 1. The minimum absolute atomic E-state index is 0.00686. The molecule has 4 heteroatoms. The number of hydrogen-bond acceptors (Lipinski definition) is 1. The van der Waals surface area contributed by atoms with Crippen LogP contribution in [0.15, 0.2) is 36.5 Å². The van der Waals surface area contributed by atoms with Crippen molar-refractivity contribution in [2.24, 2.45) is 0 Å². The second-order valence-electron chi connectivity index (χ2n) is 5.63. The predicted octanol–water partition coefficient (Wildman–Crippen LogP) is 3.47. The van der Waals surface area contributed by atoms with E-state index in [-0.39, 0.29) is 12.1 Å². The van der Waals surface area contributed by atoms with Gasteiger partial charge in [-0.3, -0.25) is 0 Å². The van der Waals surface area contributed by atoms with Crippen molar-refractivity contribution >= 4 is 16.9 Å². The summed E-state index contributed by atoms with van der Waals surface area (Å²) in [6.07, 6.45) is 4.18. The van der Waals surface area contributed by atoms with Gasteiger partial charge in [-0.25, -0.2) is 4.79 Å². The lowest BCUT2D eigenvalue weighted by Crippen LogP contribution is -2.42. The number of para-hydroxylation sites is 1. The molecule has 0 saturated heterocycles. The van der Waals surface area contributed by atoms with Gasteiger partial charge in [0.1, 0.15) is 0 Å². The molecule has 4 nitrogen and oxygen atoms in total. The molecule has 0 aliphatic rings. The molecule has 2 amide bonds. The second kappa shape index (κ2) is 7.16. The van der Waals surface area contributed by atoms with Crippen LogP contribution in [-0.2, 0) is 6.54 Å². The first-order valence-corrected chi connectivity index (χ1v) is 7.67. The number of amides is 2. The van der Waals surface area contributed by atoms with E-state index in [0.29, 0.717) is 6.54 Å². The van der Waals surface area contributed by atoms with Gasteiger partial charge in [-0.05, 0) is 30.9 Å². The van der Waals surface area contributed by atoms with E-state index in [4.69, 9.17) is 0 Å². The van der Waals surface area contributed by atoms with Crippen LogP contribution in [0.2, 0.25) is 0 Å². The molecule has 0 spiro atoms. The fourth-order valence-corrected chi connectivity index (χ4v) is 2.52. The van der Waals surface area contributed by atoms with Crippen molar-refractivity contribution in [3.8, 4) is 0 Å². The van der Waals surface area contributed by atoms with E-state index < -0.39 is 0 Å². The van der Waals surface area contributed by atoms with Gasteiger partial charge in [-0.15, -0.1) is 0 Å². The van der Waals surface area contributed by atoms with Crippen LogP contribution in [0, 0.1) is 0 Å². The average Bonchev–Trinajstić information content (AvgIpc) is 2.88. The van der Waals surface area contributed by atoms with Gasteiger partial charge in [0.2, 0.25) is 0 Å². The van der Waals surface area contributed by atoms with Crippen molar-refractivity contribution in [2.45, 2.75) is 39.3 Å². The summed E-state index contributed by atoms with van der Waals surface area (Å²) in [5.41, 5.74) is 1.21. The number of benzene rings is 1. The summed E-state index contributed by atoms with van der Waals surface area (Å²) >= 11 is 0. The Labute approximate surface area is 126 Å². The molecule has 0 bridgehead atoms. The number of urea groups is 1. The Morgan fingerprint density at radius 1 is 1.33 bits per heavy atom. The van der Waals surface area contributed by atoms with Crippen molar-refractivity contribution in [2.75, 3.05) is 13.6 Å². The Kier molecular flexibility index (Phi) is 5.26. The summed E-state index contributed by atoms with van der Waals surface area (Å²) in [5.74, 6) is 0. The fourth-order valence-electron chi connectivity index (χ4n) is 2.52. The number of carbonyl (C=O) groups excluding carboxylic acids is 1. The van der Waals surface area contributed by atoms with Gasteiger partial charge in [-0.1, -0.05) is 31.5 Å². The van der Waals surface area contributed by atoms with Gasteiger partial charge in [-0.2, -0.15) is 0 Å². The number of nitrogens with one attached hydrogen (secondary N) is 1. The summed E-state index contributed by atoms with van der Waals surface area (Å²) < 4.78 is 2.19. The van der Waals surface area contributed by atoms with Crippen molar-refractivity contribution in [3.05, 3.63) is 36.5 Å². The Morgan fingerprint density at radius 2 is 2.10 bits per heavy atom. The Morgan fingerprint density at radius 3 is 2.86 bits per heavy atom. The van der Waals surface area contributed by atoms with Crippen LogP contribution < -0.4 is 5.32 Å². The summed E-state index contributed by atoms with van der Waals surface area (Å²) in [6.45, 7) is 5.68. The van der Waals surface area contributed by atoms with Crippen LogP contribution >= 0.6 is 0 Å². The number of nitrogens with zero attached hydrogens (tertiary/aromatic N) is 2. The predicted molar refractivity (Wildman–Crippen MR) is 87.5 cm³/mol. The molecule has 2 rings (SSSR count). The van der Waals surface area contributed by atoms with Gasteiger partial charge < -0.3 is 14.8 Å². The normalized spacial score (nSPS) is 12.3. The van der Waals surface area contributed by atoms with E-state index in [0.717, 1.165) is 19.4 Å². The number of hydrogen-bond donors (Lipinski definition) is 1. The molecule has 0 aliphatic heterocycles. The van der Waals surface area contributed by atoms with E-state index in [1.165, 1.54) is 10.9 Å². The minimum Gasteiger partial charge on any atom is -0.346 e. The standard InChI is InChI=1S/C17H25N3O/c1-4-7-14(2)18-17(21)19(3)12-13-20-11-10-15-8-5-6-9-16(15)20/h5-6,8-11,14H,4,7,12-13H2,1-3H3,(H,18,21)/t14-/m0/s1. The number of likely N-dealkylation sites (N-methyl/N-ethyl adjacent to an activating group) is 1. The number of aromatic nitrogens is 1. The van der Waals surface area contributed by atoms with Gasteiger partial charge in [0.25, 0.3) is 0 Å². The summed E-state index contributed by atoms with van der Waals surface area (Å²) in [7, 11) is 1.85. The van der Waals surface area contributed by atoms with Crippen LogP contribution in [0.3, 0.4) is 0 Å². The lowest BCUT2D eigenvalue weighted by Gasteiger charge is -2.21. The SMILES string of the molecule is CCC[C@H](C)NC(=O)N(C)CCn1ccc2ccccc21. The molecule has 0 radical (unpaired) electrons. The highest BCUT2D eigenvalue weighted by molar-refractivity contribution is 5.80. The first-order chi connectivity index (χ1) is 10.1. The largest absolute Gasteiger partial charge is 0.346 e. The Hall–Kier alpha value is -1.97. The summed E-state index contributed by atoms with van der Waals surface area (Å²) in [4.78, 5) is 13.8. The minimum atomic E-state index is 0.00686. The van der Waals surface area contributed by atoms with Crippen LogP contribution in [0.25, 0.3) is 10.9 Å². The molecule has 0 unspecified atom stereocenters. The van der Waals surface area contributed by atoms with E-state index in [1.54, 1.807) is 4.90 Å². The molecular formula is C17H25N3O. The van der Waals surface area contributed by atoms with Gasteiger partial charge in [0.15, 0.2) is 0 Å². The third kappa shape index (κ3) is 4.00. The number of fused-ring (bicyclic) bond motifs is 1. The first-order valence-electron chi connectivity index (χ1n) is 7.67. The van der Waals surface area contributed by atoms with Gasteiger partial charge in [0.05, 0.1) is 0 Å². The molecule has 1 aromatic carbocycles. The maximum atomic E-state index is 12.1. The van der Waals surface area contributed by atoms with Gasteiger partial charge in [0, 0.05) is 37.9 Å². The zero-order valence-electron chi connectivity index (χ0n) is 13.2. The van der Waals surface area contributed by atoms with Crippen LogP contribution in [0.1, 0.15) is 26.7 Å². The van der Waals surface area contributed by atoms with Crippen molar-refractivity contribution in [1.29, 1.82) is 0 Å². The highest BCUT2D eigenvalue weighted by atomic mass is 16.2. The fraction of sp³-hybridized carbons (Fsp3) is 0.471. The molecular weight excluding hydrogens is 262 g/mol. The van der Waals surface area contributed by atoms with E-state index in [2.05, 4.69) is 48.1 Å². The summed E-state index contributed by atoms with van der Waals surface area (Å²) in [6, 6.07) is 10.7. The smallest absolute Gasteiger partial charge is 0.317 e. The maximum absolute atomic E-state index is 12.1. The molecule has 1 aromatic heterocycles. The topological polar surface area (TPSA) is 37.3 Å². The first kappa shape index (κ1) is 15.4. The van der Waals surface area contributed by atoms with Crippen molar-refractivity contribution < 1.29 is 4.79 Å². The monoisotopic (exact) mass is 287 g/mol. The molecule has 1 heterocycles. The van der Waals surface area contributed by atoms with Crippen molar-refractivity contribution in [1.82, 2.24) is 14.8 Å². The van der Waals surface area contributed by atoms with E-state index >= 15 is 0 Å². The van der Waals surface area contributed by atoms with E-state index in [9.17, 15) is 4.79 Å². The van der Waals surface area contributed by atoms with E-state index in [1.807, 2.05) is 19.2 Å². The molecule has 0 aliphatic carbocycles. The Bertz CT molecular complexity index is 590. The molecule has 1 atom stereocenters. The van der Waals surface area contributed by atoms with Gasteiger partial charge >= 0.3 is 6.03 Å². The van der Waals surface area contributed by atoms with Crippen LogP contribution in [0.4, 0.5) is 4.79 Å². The molecule has 0 fully saturated rings. The Balaban J connectivity index is 1.89. The molecule has 0 saturated carbocycles. The van der Waals surface area contributed by atoms with Crippen molar-refractivity contribution in [3.63, 3.8) is 0 Å². The van der Waals surface area contributed by atoms with Crippen LogP contribution in [0.5, 0.6) is 0 Å². The highest BCUT2D eigenvalue weighted by Gasteiger charge is 2.11.